The van der Waals surface area contributed by atoms with Crippen molar-refractivity contribution in [2.75, 3.05) is 41.1 Å². The van der Waals surface area contributed by atoms with E-state index in [1.807, 2.05) is 65.0 Å². The lowest BCUT2D eigenvalue weighted by atomic mass is 9.78. The molecule has 3 aliphatic heterocycles. The van der Waals surface area contributed by atoms with Crippen LogP contribution in [0.4, 0.5) is 0 Å². The minimum absolute atomic E-state index is 0.00654. The molecular formula is C54H85NO13. The number of hydrogen-bond donors (Lipinski definition) is 2. The molecule has 4 aliphatic rings. The first-order valence-corrected chi connectivity index (χ1v) is 25.3. The fourth-order valence-electron chi connectivity index (χ4n) is 10.7. The van der Waals surface area contributed by atoms with Crippen molar-refractivity contribution >= 4 is 29.2 Å². The highest BCUT2D eigenvalue weighted by Gasteiger charge is 2.53. The van der Waals surface area contributed by atoms with Crippen molar-refractivity contribution in [2.45, 2.75) is 181 Å². The molecule has 2 saturated heterocycles. The van der Waals surface area contributed by atoms with Crippen molar-refractivity contribution < 1.29 is 62.6 Å². The second-order valence-corrected chi connectivity index (χ2v) is 20.5. The average molecular weight is 956 g/mol. The van der Waals surface area contributed by atoms with Crippen LogP contribution in [0.3, 0.4) is 0 Å². The van der Waals surface area contributed by atoms with Crippen LogP contribution in [0.25, 0.3) is 0 Å². The largest absolute Gasteiger partial charge is 0.460 e. The van der Waals surface area contributed by atoms with Gasteiger partial charge in [0.1, 0.15) is 24.0 Å². The number of carbonyl (C=O) groups excluding carboxylic acids is 5. The molecule has 3 heterocycles. The van der Waals surface area contributed by atoms with Crippen LogP contribution in [0.2, 0.25) is 0 Å². The molecule has 2 bridgehead atoms. The number of piperidine rings is 1. The standard InChI is InChI=1S/C54H85NO13/c1-33-17-13-12-14-18-34(2)46(63-9)31-42-22-20-39(7)54(62,68-42)51(59)52(60)55-24-16-15-19-43(55)53(61)67-47(37(5)29-41-21-23-45(66-26-25-56)48(30-41)64-10)32-44(57)36(4)28-35(3)40(8)50(65-11)49(58)38(6)27-33/h12-14,17-18,28,33,36-43,45-48,50,56,62H,15-16,19-27,29-32H2,1-11H3/t33-,36-,37-,38-,39-,40-,41+,42+,43+,45-,46+,47?,48-,50-,54-/m1/s1. The zero-order chi connectivity index (χ0) is 50.3. The van der Waals surface area contributed by atoms with Gasteiger partial charge in [-0.25, -0.2) is 4.79 Å². The topological polar surface area (TPSA) is 184 Å². The first-order valence-electron chi connectivity index (χ1n) is 25.3. The van der Waals surface area contributed by atoms with E-state index in [1.54, 1.807) is 28.1 Å². The summed E-state index contributed by atoms with van der Waals surface area (Å²) < 4.78 is 35.9. The first kappa shape index (κ1) is 57.2. The molecule has 4 rings (SSSR count). The van der Waals surface area contributed by atoms with Gasteiger partial charge in [-0.2, -0.15) is 0 Å². The molecule has 0 aromatic heterocycles. The quantitative estimate of drug-likeness (QED) is 0.132. The third-order valence-corrected chi connectivity index (χ3v) is 15.3. The van der Waals surface area contributed by atoms with Gasteiger partial charge < -0.3 is 43.5 Å². The van der Waals surface area contributed by atoms with Crippen LogP contribution in [-0.4, -0.2) is 134 Å². The van der Waals surface area contributed by atoms with Gasteiger partial charge in [0.15, 0.2) is 5.78 Å². The number of rotatable bonds is 9. The van der Waals surface area contributed by atoms with E-state index in [4.69, 9.17) is 28.4 Å². The number of esters is 1. The second-order valence-electron chi connectivity index (χ2n) is 20.5. The zero-order valence-electron chi connectivity index (χ0n) is 43.0. The Morgan fingerprint density at radius 1 is 0.838 bits per heavy atom. The number of ether oxygens (including phenoxy) is 6. The number of cyclic esters (lactones) is 1. The Labute approximate surface area is 406 Å². The Hall–Kier alpha value is -3.37. The number of ketones is 3. The molecule has 2 N–H and O–H groups in total. The van der Waals surface area contributed by atoms with E-state index in [2.05, 4.69) is 13.0 Å². The lowest BCUT2D eigenvalue weighted by Crippen LogP contribution is -2.61. The fraction of sp³-hybridized carbons (Fsp3) is 0.759. The van der Waals surface area contributed by atoms with E-state index in [1.165, 1.54) is 12.0 Å². The minimum atomic E-state index is -2.42. The van der Waals surface area contributed by atoms with Crippen molar-refractivity contribution in [3.8, 4) is 0 Å². The molecule has 1 amide bonds. The molecule has 0 aromatic rings. The second kappa shape index (κ2) is 27.3. The molecule has 14 heteroatoms. The van der Waals surface area contributed by atoms with Gasteiger partial charge in [0, 0.05) is 64.4 Å². The van der Waals surface area contributed by atoms with Crippen molar-refractivity contribution in [1.82, 2.24) is 4.90 Å². The fourth-order valence-corrected chi connectivity index (χ4v) is 10.7. The Balaban J connectivity index is 1.70. The Morgan fingerprint density at radius 3 is 2.25 bits per heavy atom. The van der Waals surface area contributed by atoms with Crippen LogP contribution in [0.5, 0.6) is 0 Å². The summed E-state index contributed by atoms with van der Waals surface area (Å²) >= 11 is 0. The number of allylic oxidation sites excluding steroid dienone is 6. The number of amides is 1. The molecule has 68 heavy (non-hydrogen) atoms. The molecule has 0 radical (unpaired) electrons. The lowest BCUT2D eigenvalue weighted by molar-refractivity contribution is -0.265. The Bertz CT molecular complexity index is 1810. The molecule has 1 aliphatic carbocycles. The molecule has 3 fully saturated rings. The summed E-state index contributed by atoms with van der Waals surface area (Å²) in [5.74, 6) is -7.32. The average Bonchev–Trinajstić information content (AvgIpc) is 3.32. The van der Waals surface area contributed by atoms with Crippen LogP contribution in [-0.2, 0) is 52.4 Å². The molecular weight excluding hydrogens is 871 g/mol. The van der Waals surface area contributed by atoms with Crippen LogP contribution in [0.1, 0.15) is 132 Å². The maximum absolute atomic E-state index is 14.5. The van der Waals surface area contributed by atoms with Gasteiger partial charge in [0.2, 0.25) is 5.79 Å². The molecule has 0 spiro atoms. The van der Waals surface area contributed by atoms with Gasteiger partial charge in [-0.3, -0.25) is 19.2 Å². The molecule has 1 saturated carbocycles. The summed E-state index contributed by atoms with van der Waals surface area (Å²) in [7, 11) is 4.78. The predicted molar refractivity (Wildman–Crippen MR) is 259 cm³/mol. The smallest absolute Gasteiger partial charge is 0.329 e. The molecule has 0 aromatic carbocycles. The maximum atomic E-state index is 14.5. The van der Waals surface area contributed by atoms with Crippen molar-refractivity contribution in [2.24, 2.45) is 41.4 Å². The highest BCUT2D eigenvalue weighted by Crippen LogP contribution is 2.38. The highest BCUT2D eigenvalue weighted by molar-refractivity contribution is 6.39. The zero-order valence-corrected chi connectivity index (χ0v) is 43.0. The number of methoxy groups -OCH3 is 3. The van der Waals surface area contributed by atoms with E-state index in [-0.39, 0.29) is 86.0 Å². The Kier molecular flexibility index (Phi) is 23.0. The van der Waals surface area contributed by atoms with Gasteiger partial charge in [-0.1, -0.05) is 83.6 Å². The van der Waals surface area contributed by atoms with Gasteiger partial charge in [-0.15, -0.1) is 0 Å². The Morgan fingerprint density at radius 2 is 1.57 bits per heavy atom. The monoisotopic (exact) mass is 956 g/mol. The number of Topliss-reactive ketones (excluding diaryl/α,β-unsaturated/α-hetero) is 3. The van der Waals surface area contributed by atoms with Crippen LogP contribution < -0.4 is 0 Å². The molecule has 14 nitrogen and oxygen atoms in total. The first-order chi connectivity index (χ1) is 32.3. The van der Waals surface area contributed by atoms with Gasteiger partial charge in [-0.05, 0) is 101 Å². The van der Waals surface area contributed by atoms with E-state index in [0.29, 0.717) is 51.4 Å². The van der Waals surface area contributed by atoms with Gasteiger partial charge >= 0.3 is 5.97 Å². The van der Waals surface area contributed by atoms with E-state index >= 15 is 0 Å². The third-order valence-electron chi connectivity index (χ3n) is 15.3. The molecule has 15 atom stereocenters. The minimum Gasteiger partial charge on any atom is -0.460 e. The number of aliphatic hydroxyl groups excluding tert-OH is 1. The van der Waals surface area contributed by atoms with E-state index < -0.39 is 65.7 Å². The number of hydrogen-bond acceptors (Lipinski definition) is 13. The number of fused-ring (bicyclic) bond motifs is 3. The predicted octanol–water partition coefficient (Wildman–Crippen LogP) is 7.47. The van der Waals surface area contributed by atoms with Crippen molar-refractivity contribution in [3.63, 3.8) is 0 Å². The van der Waals surface area contributed by atoms with Crippen LogP contribution in [0.15, 0.2) is 47.6 Å². The number of aliphatic hydroxyl groups is 2. The number of carbonyl (C=O) groups is 5. The van der Waals surface area contributed by atoms with Gasteiger partial charge in [0.25, 0.3) is 11.7 Å². The number of nitrogens with zero attached hydrogens (tertiary/aromatic N) is 1. The summed E-state index contributed by atoms with van der Waals surface area (Å²) in [5, 5.41) is 21.3. The van der Waals surface area contributed by atoms with Crippen LogP contribution >= 0.6 is 0 Å². The molecule has 384 valence electrons. The van der Waals surface area contributed by atoms with Crippen LogP contribution in [0, 0.1) is 41.4 Å². The summed E-state index contributed by atoms with van der Waals surface area (Å²) in [6.07, 6.45) is 14.8. The van der Waals surface area contributed by atoms with Crippen molar-refractivity contribution in [3.05, 3.63) is 47.6 Å². The summed E-state index contributed by atoms with van der Waals surface area (Å²) in [5.41, 5.74) is 1.73. The van der Waals surface area contributed by atoms with Gasteiger partial charge in [0.05, 0.1) is 37.6 Å². The summed E-state index contributed by atoms with van der Waals surface area (Å²) in [4.78, 5) is 72.5. The van der Waals surface area contributed by atoms with E-state index in [0.717, 1.165) is 24.0 Å². The SMILES string of the molecule is CO[C@H]1C[C@@H]2CC[C@@H](C)[C@@](O)(O2)C(=O)C(=O)N2CCCC[C@H]2C(=O)OC([C@H](C)C[C@@H]2CC[C@@H](OCCO)[C@H](OC)C2)CC(=O)[C@H](C)C=C(C)[C@@H](C)[C@@H](OC)C(=O)[C@H](C)C[C@H](C)C=CC=CC=C1C. The third kappa shape index (κ3) is 15.3. The molecule has 1 unspecified atom stereocenters. The normalized spacial score (nSPS) is 36.7. The summed E-state index contributed by atoms with van der Waals surface area (Å²) in [6, 6.07) is -1.11. The lowest BCUT2D eigenvalue weighted by Gasteiger charge is -2.42. The van der Waals surface area contributed by atoms with Crippen molar-refractivity contribution in [1.29, 1.82) is 0 Å². The maximum Gasteiger partial charge on any atom is 0.329 e. The summed E-state index contributed by atoms with van der Waals surface area (Å²) in [6.45, 7) is 15.5. The highest BCUT2D eigenvalue weighted by atomic mass is 16.6. The van der Waals surface area contributed by atoms with E-state index in [9.17, 15) is 34.2 Å².